The van der Waals surface area contributed by atoms with E-state index in [9.17, 15) is 4.39 Å². The fraction of sp³-hybridized carbons (Fsp3) is 0.111. The quantitative estimate of drug-likeness (QED) is 0.716. The van der Waals surface area contributed by atoms with Gasteiger partial charge in [-0.3, -0.25) is 0 Å². The number of thiol groups is 1. The van der Waals surface area contributed by atoms with Gasteiger partial charge < -0.3 is 4.74 Å². The molecule has 13 heavy (non-hydrogen) atoms. The molecule has 0 unspecified atom stereocenters. The topological polar surface area (TPSA) is 9.23 Å². The van der Waals surface area contributed by atoms with Gasteiger partial charge in [0.1, 0.15) is 0 Å². The summed E-state index contributed by atoms with van der Waals surface area (Å²) in [4.78, 5) is 0. The highest BCUT2D eigenvalue weighted by Crippen LogP contribution is 2.35. The second-order valence-corrected chi connectivity index (χ2v) is 4.45. The number of ether oxygens (including phenoxy) is 1. The molecule has 1 nitrogen and oxygen atoms in total. The van der Waals surface area contributed by atoms with Crippen LogP contribution in [0.5, 0.6) is 5.75 Å². The number of fused-ring (bicyclic) bond motifs is 1. The third kappa shape index (κ3) is 1.40. The van der Waals surface area contributed by atoms with Crippen LogP contribution < -0.4 is 4.74 Å². The summed E-state index contributed by atoms with van der Waals surface area (Å²) in [5.41, 5.74) is 0. The monoisotopic (exact) mass is 214 g/mol. The van der Waals surface area contributed by atoms with E-state index in [0.29, 0.717) is 5.75 Å². The van der Waals surface area contributed by atoms with E-state index in [2.05, 4.69) is 12.6 Å². The first-order valence-corrected chi connectivity index (χ1v) is 4.93. The number of halogens is 1. The van der Waals surface area contributed by atoms with Gasteiger partial charge in [0.05, 0.1) is 11.3 Å². The zero-order valence-electron chi connectivity index (χ0n) is 6.87. The summed E-state index contributed by atoms with van der Waals surface area (Å²) in [6.07, 6.45) is 0. The molecule has 0 aliphatic carbocycles. The molecule has 0 radical (unpaired) electrons. The van der Waals surface area contributed by atoms with Gasteiger partial charge in [-0.05, 0) is 18.2 Å². The Hall–Kier alpha value is -0.740. The minimum atomic E-state index is -0.332. The first-order valence-electron chi connectivity index (χ1n) is 3.67. The summed E-state index contributed by atoms with van der Waals surface area (Å²) in [7, 11) is 1.47. The molecule has 0 bridgehead atoms. The lowest BCUT2D eigenvalue weighted by atomic mass is 10.2. The van der Waals surface area contributed by atoms with Crippen LogP contribution in [0.1, 0.15) is 0 Å². The first-order chi connectivity index (χ1) is 6.22. The number of thiophene rings is 1. The van der Waals surface area contributed by atoms with Crippen LogP contribution in [0.25, 0.3) is 10.1 Å². The molecule has 1 heterocycles. The second kappa shape index (κ2) is 3.20. The fourth-order valence-electron chi connectivity index (χ4n) is 1.25. The van der Waals surface area contributed by atoms with Gasteiger partial charge in [0.2, 0.25) is 0 Å². The van der Waals surface area contributed by atoms with E-state index in [4.69, 9.17) is 4.74 Å². The van der Waals surface area contributed by atoms with E-state index < -0.39 is 0 Å². The molecule has 2 aromatic rings. The molecule has 0 fully saturated rings. The molecular formula is C9H7FOS2. The molecule has 1 aromatic carbocycles. The number of rotatable bonds is 1. The van der Waals surface area contributed by atoms with Gasteiger partial charge in [0.15, 0.2) is 11.6 Å². The zero-order chi connectivity index (χ0) is 9.42. The van der Waals surface area contributed by atoms with E-state index >= 15 is 0 Å². The molecule has 0 aliphatic rings. The smallest absolute Gasteiger partial charge is 0.165 e. The predicted molar refractivity (Wildman–Crippen MR) is 55.6 cm³/mol. The molecule has 1 aromatic heterocycles. The van der Waals surface area contributed by atoms with Crippen LogP contribution in [0.3, 0.4) is 0 Å². The Bertz CT molecular complexity index is 450. The lowest BCUT2D eigenvalue weighted by molar-refractivity contribution is 0.392. The molecule has 0 N–H and O–H groups in total. The van der Waals surface area contributed by atoms with Crippen LogP contribution in [0.15, 0.2) is 22.4 Å². The molecule has 0 atom stereocenters. The van der Waals surface area contributed by atoms with Crippen molar-refractivity contribution in [1.82, 2.24) is 0 Å². The van der Waals surface area contributed by atoms with Crippen molar-refractivity contribution < 1.29 is 9.13 Å². The average molecular weight is 214 g/mol. The van der Waals surface area contributed by atoms with Gasteiger partial charge >= 0.3 is 0 Å². The van der Waals surface area contributed by atoms with Crippen molar-refractivity contribution in [2.24, 2.45) is 0 Å². The highest BCUT2D eigenvalue weighted by Gasteiger charge is 2.09. The molecule has 4 heteroatoms. The highest BCUT2D eigenvalue weighted by molar-refractivity contribution is 7.83. The van der Waals surface area contributed by atoms with E-state index in [1.165, 1.54) is 24.5 Å². The predicted octanol–water partition coefficient (Wildman–Crippen LogP) is 3.34. The van der Waals surface area contributed by atoms with Crippen LogP contribution in [0, 0.1) is 5.82 Å². The zero-order valence-corrected chi connectivity index (χ0v) is 8.58. The van der Waals surface area contributed by atoms with Gasteiger partial charge in [-0.1, -0.05) is 0 Å². The van der Waals surface area contributed by atoms with Gasteiger partial charge in [-0.25, -0.2) is 4.39 Å². The minimum Gasteiger partial charge on any atom is -0.493 e. The normalized spacial score (nSPS) is 10.7. The van der Waals surface area contributed by atoms with Gasteiger partial charge in [-0.15, -0.1) is 24.0 Å². The molecule has 0 spiro atoms. The van der Waals surface area contributed by atoms with E-state index in [-0.39, 0.29) is 5.82 Å². The molecule has 0 saturated carbocycles. The molecule has 0 amide bonds. The molecule has 0 aliphatic heterocycles. The molecule has 0 saturated heterocycles. The Balaban J connectivity index is 2.82. The summed E-state index contributed by atoms with van der Waals surface area (Å²) >= 11 is 5.71. The van der Waals surface area contributed by atoms with Gasteiger partial charge in [0, 0.05) is 10.1 Å². The van der Waals surface area contributed by atoms with Crippen molar-refractivity contribution in [2.75, 3.05) is 7.11 Å². The fourth-order valence-corrected chi connectivity index (χ4v) is 2.48. The maximum Gasteiger partial charge on any atom is 0.165 e. The molecule has 2 rings (SSSR count). The molecular weight excluding hydrogens is 207 g/mol. The third-order valence-corrected chi connectivity index (χ3v) is 3.10. The van der Waals surface area contributed by atoms with Crippen LogP contribution in [-0.2, 0) is 0 Å². The number of hydrogen-bond donors (Lipinski definition) is 1. The first kappa shape index (κ1) is 8.84. The van der Waals surface area contributed by atoms with Crippen LogP contribution in [-0.4, -0.2) is 7.11 Å². The summed E-state index contributed by atoms with van der Waals surface area (Å²) in [6, 6.07) is 4.95. The highest BCUT2D eigenvalue weighted by atomic mass is 32.2. The Kier molecular flexibility index (Phi) is 2.17. The Morgan fingerprint density at radius 3 is 2.92 bits per heavy atom. The Morgan fingerprint density at radius 1 is 1.46 bits per heavy atom. The summed E-state index contributed by atoms with van der Waals surface area (Å²) in [5, 5.41) is 0.789. The van der Waals surface area contributed by atoms with Crippen molar-refractivity contribution in [3.8, 4) is 5.75 Å². The van der Waals surface area contributed by atoms with Crippen molar-refractivity contribution in [3.63, 3.8) is 0 Å². The van der Waals surface area contributed by atoms with Crippen LogP contribution in [0.2, 0.25) is 0 Å². The SMILES string of the molecule is COc1c(F)ccc2sc(S)cc12. The lowest BCUT2D eigenvalue weighted by Crippen LogP contribution is -1.87. The van der Waals surface area contributed by atoms with Crippen molar-refractivity contribution >= 4 is 34.1 Å². The van der Waals surface area contributed by atoms with Crippen molar-refractivity contribution in [2.45, 2.75) is 4.21 Å². The minimum absolute atomic E-state index is 0.300. The van der Waals surface area contributed by atoms with Crippen molar-refractivity contribution in [3.05, 3.63) is 24.0 Å². The summed E-state index contributed by atoms with van der Waals surface area (Å²) < 4.78 is 20.0. The number of benzene rings is 1. The lowest BCUT2D eigenvalue weighted by Gasteiger charge is -2.01. The maximum atomic E-state index is 13.2. The third-order valence-electron chi connectivity index (χ3n) is 1.79. The summed E-state index contributed by atoms with van der Waals surface area (Å²) in [5.74, 6) is -0.0322. The van der Waals surface area contributed by atoms with Gasteiger partial charge in [0.25, 0.3) is 0 Å². The Morgan fingerprint density at radius 2 is 2.23 bits per heavy atom. The van der Waals surface area contributed by atoms with Gasteiger partial charge in [-0.2, -0.15) is 0 Å². The summed E-state index contributed by atoms with van der Waals surface area (Å²) in [6.45, 7) is 0. The maximum absolute atomic E-state index is 13.2. The molecule has 68 valence electrons. The number of hydrogen-bond acceptors (Lipinski definition) is 3. The standard InChI is InChI=1S/C9H7FOS2/c1-11-9-5-4-8(12)13-7(5)3-2-6(9)10/h2-4,12H,1H3. The second-order valence-electron chi connectivity index (χ2n) is 2.58. The van der Waals surface area contributed by atoms with E-state index in [0.717, 1.165) is 14.3 Å². The van der Waals surface area contributed by atoms with E-state index in [1.54, 1.807) is 6.07 Å². The van der Waals surface area contributed by atoms with E-state index in [1.807, 2.05) is 6.07 Å². The van der Waals surface area contributed by atoms with Crippen molar-refractivity contribution in [1.29, 1.82) is 0 Å². The van der Waals surface area contributed by atoms with Crippen LogP contribution in [0.4, 0.5) is 4.39 Å². The average Bonchev–Trinajstić information content (AvgIpc) is 2.45. The van der Waals surface area contributed by atoms with Crippen LogP contribution >= 0.6 is 24.0 Å². The largest absolute Gasteiger partial charge is 0.493 e. The number of methoxy groups -OCH3 is 1. The Labute approximate surface area is 84.6 Å².